The van der Waals surface area contributed by atoms with Crippen LogP contribution in [0.1, 0.15) is 0 Å². The van der Waals surface area contributed by atoms with Gasteiger partial charge in [-0.05, 0) is 52.2 Å². The number of benzene rings is 3. The van der Waals surface area contributed by atoms with Crippen LogP contribution in [0.25, 0.3) is 10.8 Å². The Hall–Kier alpha value is -1.75. The Labute approximate surface area is 131 Å². The van der Waals surface area contributed by atoms with Crippen LogP contribution in [0.15, 0.2) is 54.6 Å². The van der Waals surface area contributed by atoms with Crippen LogP contribution >= 0.6 is 22.6 Å². The third kappa shape index (κ3) is 1.69. The minimum Gasteiger partial charge on any atom is -0.453 e. The number of ether oxygens (including phenoxy) is 1. The first kappa shape index (κ1) is 12.0. The molecule has 0 radical (unpaired) electrons. The van der Waals surface area contributed by atoms with E-state index in [1.165, 1.54) is 14.3 Å². The van der Waals surface area contributed by atoms with Crippen LogP contribution in [0.2, 0.25) is 0 Å². The van der Waals surface area contributed by atoms with Crippen molar-refractivity contribution in [2.75, 3.05) is 11.9 Å². The van der Waals surface area contributed by atoms with E-state index in [2.05, 4.69) is 89.1 Å². The second-order valence-corrected chi connectivity index (χ2v) is 6.15. The van der Waals surface area contributed by atoms with Gasteiger partial charge < -0.3 is 9.64 Å². The predicted molar refractivity (Wildman–Crippen MR) is 91.2 cm³/mol. The van der Waals surface area contributed by atoms with E-state index < -0.39 is 0 Å². The molecule has 0 bridgehead atoms. The number of hydrogen-bond donors (Lipinski definition) is 0. The average Bonchev–Trinajstić information content (AvgIpc) is 2.46. The lowest BCUT2D eigenvalue weighted by Gasteiger charge is -2.30. The van der Waals surface area contributed by atoms with Crippen molar-refractivity contribution < 1.29 is 4.74 Å². The molecule has 3 aromatic carbocycles. The molecule has 0 saturated carbocycles. The molecule has 0 saturated heterocycles. The Kier molecular flexibility index (Phi) is 2.63. The monoisotopic (exact) mass is 373 g/mol. The molecule has 0 atom stereocenters. The van der Waals surface area contributed by atoms with Crippen molar-refractivity contribution in [3.63, 3.8) is 0 Å². The zero-order valence-corrected chi connectivity index (χ0v) is 13.1. The maximum Gasteiger partial charge on any atom is 0.152 e. The Bertz CT molecular complexity index is 828. The summed E-state index contributed by atoms with van der Waals surface area (Å²) < 4.78 is 7.27. The van der Waals surface area contributed by atoms with Gasteiger partial charge in [-0.1, -0.05) is 30.3 Å². The summed E-state index contributed by atoms with van der Waals surface area (Å²) >= 11 is 2.31. The van der Waals surface area contributed by atoms with Gasteiger partial charge in [-0.2, -0.15) is 0 Å². The van der Waals surface area contributed by atoms with Crippen LogP contribution in [0.4, 0.5) is 11.4 Å². The van der Waals surface area contributed by atoms with Gasteiger partial charge in [0.1, 0.15) is 0 Å². The lowest BCUT2D eigenvalue weighted by Crippen LogP contribution is -2.16. The first-order chi connectivity index (χ1) is 9.74. The largest absolute Gasteiger partial charge is 0.453 e. The molecule has 1 aliphatic rings. The number of fused-ring (bicyclic) bond motifs is 4. The molecule has 4 rings (SSSR count). The Morgan fingerprint density at radius 3 is 2.70 bits per heavy atom. The average molecular weight is 373 g/mol. The van der Waals surface area contributed by atoms with Crippen LogP contribution < -0.4 is 9.64 Å². The highest BCUT2D eigenvalue weighted by Gasteiger charge is 2.23. The van der Waals surface area contributed by atoms with Gasteiger partial charge >= 0.3 is 0 Å². The molecule has 1 heterocycles. The summed E-state index contributed by atoms with van der Waals surface area (Å²) in [6.07, 6.45) is 0. The van der Waals surface area contributed by atoms with Crippen LogP contribution in [0.3, 0.4) is 0 Å². The molecule has 0 N–H and O–H groups in total. The van der Waals surface area contributed by atoms with E-state index in [1.807, 2.05) is 0 Å². The lowest BCUT2D eigenvalue weighted by molar-refractivity contribution is 0.476. The summed E-state index contributed by atoms with van der Waals surface area (Å²) in [5, 5.41) is 2.45. The molecule has 98 valence electrons. The van der Waals surface area contributed by atoms with Crippen LogP contribution in [0, 0.1) is 3.57 Å². The fourth-order valence-corrected chi connectivity index (χ4v) is 3.21. The highest BCUT2D eigenvalue weighted by atomic mass is 127. The minimum absolute atomic E-state index is 0.917. The molecular weight excluding hydrogens is 361 g/mol. The third-order valence-electron chi connectivity index (χ3n) is 3.70. The molecule has 0 aliphatic carbocycles. The number of nitrogens with zero attached hydrogens (tertiary/aromatic N) is 1. The summed E-state index contributed by atoms with van der Waals surface area (Å²) in [4.78, 5) is 2.21. The highest BCUT2D eigenvalue weighted by Crippen LogP contribution is 2.48. The van der Waals surface area contributed by atoms with Crippen molar-refractivity contribution in [2.24, 2.45) is 0 Å². The van der Waals surface area contributed by atoms with Gasteiger partial charge in [-0.25, -0.2) is 0 Å². The molecule has 0 amide bonds. The lowest BCUT2D eigenvalue weighted by atomic mass is 10.1. The Balaban J connectivity index is 2.01. The zero-order valence-electron chi connectivity index (χ0n) is 10.9. The van der Waals surface area contributed by atoms with Gasteiger partial charge in [-0.15, -0.1) is 0 Å². The van der Waals surface area contributed by atoms with Crippen molar-refractivity contribution in [3.05, 3.63) is 58.2 Å². The molecule has 0 fully saturated rings. The van der Waals surface area contributed by atoms with E-state index in [1.54, 1.807) is 0 Å². The van der Waals surface area contributed by atoms with E-state index >= 15 is 0 Å². The molecule has 3 heteroatoms. The minimum atomic E-state index is 0.917. The summed E-state index contributed by atoms with van der Waals surface area (Å²) in [5.41, 5.74) is 2.24. The second-order valence-electron chi connectivity index (χ2n) is 4.91. The van der Waals surface area contributed by atoms with Gasteiger partial charge in [0.05, 0.1) is 11.4 Å². The predicted octanol–water partition coefficient (Wildman–Crippen LogP) is 5.32. The molecule has 0 unspecified atom stereocenters. The van der Waals surface area contributed by atoms with Gasteiger partial charge in [-0.3, -0.25) is 0 Å². The van der Waals surface area contributed by atoms with Crippen molar-refractivity contribution in [1.82, 2.24) is 0 Å². The van der Waals surface area contributed by atoms with Crippen molar-refractivity contribution in [2.45, 2.75) is 0 Å². The standard InChI is InChI=1S/C17H12INO/c1-19-14-8-7-12(18)10-16(14)20-15-9-6-11-4-2-3-5-13(11)17(15)19/h2-10H,1H3. The normalized spacial score (nSPS) is 12.8. The van der Waals surface area contributed by atoms with Crippen LogP contribution in [0.5, 0.6) is 11.5 Å². The second kappa shape index (κ2) is 4.38. The number of rotatable bonds is 0. The molecule has 1 aliphatic heterocycles. The van der Waals surface area contributed by atoms with Gasteiger partial charge in [0.2, 0.25) is 0 Å². The van der Waals surface area contributed by atoms with E-state index in [0.717, 1.165) is 22.9 Å². The third-order valence-corrected chi connectivity index (χ3v) is 4.37. The summed E-state index contributed by atoms with van der Waals surface area (Å²) in [5.74, 6) is 1.84. The number of anilines is 2. The fourth-order valence-electron chi connectivity index (χ4n) is 2.75. The van der Waals surface area contributed by atoms with Crippen molar-refractivity contribution in [3.8, 4) is 11.5 Å². The van der Waals surface area contributed by atoms with Gasteiger partial charge in [0.25, 0.3) is 0 Å². The number of hydrogen-bond acceptors (Lipinski definition) is 2. The summed E-state index contributed by atoms with van der Waals surface area (Å²) in [6, 6.07) is 18.9. The van der Waals surface area contributed by atoms with Crippen LogP contribution in [-0.4, -0.2) is 7.05 Å². The quantitative estimate of drug-likeness (QED) is 0.495. The van der Waals surface area contributed by atoms with E-state index in [-0.39, 0.29) is 0 Å². The summed E-state index contributed by atoms with van der Waals surface area (Å²) in [6.45, 7) is 0. The van der Waals surface area contributed by atoms with Crippen LogP contribution in [-0.2, 0) is 0 Å². The highest BCUT2D eigenvalue weighted by molar-refractivity contribution is 14.1. The Morgan fingerprint density at radius 1 is 0.950 bits per heavy atom. The van der Waals surface area contributed by atoms with Gasteiger partial charge in [0.15, 0.2) is 11.5 Å². The van der Waals surface area contributed by atoms with E-state index in [0.29, 0.717) is 0 Å². The molecule has 3 aromatic rings. The first-order valence-electron chi connectivity index (χ1n) is 6.47. The zero-order chi connectivity index (χ0) is 13.7. The smallest absolute Gasteiger partial charge is 0.152 e. The topological polar surface area (TPSA) is 12.5 Å². The summed E-state index contributed by atoms with van der Waals surface area (Å²) in [7, 11) is 2.10. The van der Waals surface area contributed by atoms with Gasteiger partial charge in [0, 0.05) is 16.0 Å². The van der Waals surface area contributed by atoms with E-state index in [4.69, 9.17) is 4.74 Å². The maximum atomic E-state index is 6.09. The van der Waals surface area contributed by atoms with Crippen molar-refractivity contribution in [1.29, 1.82) is 0 Å². The van der Waals surface area contributed by atoms with E-state index in [9.17, 15) is 0 Å². The maximum absolute atomic E-state index is 6.09. The number of halogens is 1. The molecule has 0 spiro atoms. The van der Waals surface area contributed by atoms with Crippen molar-refractivity contribution >= 4 is 44.7 Å². The molecule has 20 heavy (non-hydrogen) atoms. The molecule has 0 aromatic heterocycles. The molecular formula is C17H12INO. The Morgan fingerprint density at radius 2 is 1.80 bits per heavy atom. The molecule has 2 nitrogen and oxygen atoms in total. The first-order valence-corrected chi connectivity index (χ1v) is 7.55. The fraction of sp³-hybridized carbons (Fsp3) is 0.0588. The SMILES string of the molecule is CN1c2ccc(I)cc2Oc2ccc3ccccc3c21.